The second-order valence-corrected chi connectivity index (χ2v) is 5.37. The van der Waals surface area contributed by atoms with Crippen LogP contribution in [0, 0.1) is 6.92 Å². The Morgan fingerprint density at radius 2 is 1.76 bits per heavy atom. The summed E-state index contributed by atoms with van der Waals surface area (Å²) in [7, 11) is 0. The molecule has 0 spiro atoms. The number of nitrogens with two attached hydrogens (primary N) is 1. The summed E-state index contributed by atoms with van der Waals surface area (Å²) in [4.78, 5) is 9.02. The van der Waals surface area contributed by atoms with Gasteiger partial charge < -0.3 is 10.7 Å². The summed E-state index contributed by atoms with van der Waals surface area (Å²) in [5.74, 6) is 8.11. The fourth-order valence-corrected chi connectivity index (χ4v) is 2.07. The van der Waals surface area contributed by atoms with Crippen molar-refractivity contribution in [2.24, 2.45) is 5.84 Å². The molecular formula is C16H23N5. The van der Waals surface area contributed by atoms with E-state index < -0.39 is 0 Å². The van der Waals surface area contributed by atoms with Gasteiger partial charge in [-0.15, -0.1) is 0 Å². The van der Waals surface area contributed by atoms with E-state index in [1.807, 2.05) is 13.0 Å². The zero-order valence-electron chi connectivity index (χ0n) is 12.9. The van der Waals surface area contributed by atoms with Gasteiger partial charge in [-0.3, -0.25) is 0 Å². The summed E-state index contributed by atoms with van der Waals surface area (Å²) < 4.78 is 0. The highest BCUT2D eigenvalue weighted by Gasteiger charge is 2.12. The van der Waals surface area contributed by atoms with Crippen LogP contribution >= 0.6 is 0 Å². The lowest BCUT2D eigenvalue weighted by atomic mass is 10.1. The van der Waals surface area contributed by atoms with Gasteiger partial charge in [-0.25, -0.2) is 15.8 Å². The van der Waals surface area contributed by atoms with Gasteiger partial charge in [-0.05, 0) is 18.9 Å². The summed E-state index contributed by atoms with van der Waals surface area (Å²) >= 11 is 0. The number of rotatable bonds is 6. The number of nitrogens with one attached hydrogen (secondary N) is 2. The van der Waals surface area contributed by atoms with Crippen molar-refractivity contribution in [3.8, 4) is 0 Å². The lowest BCUT2D eigenvalue weighted by molar-refractivity contribution is 0.772. The van der Waals surface area contributed by atoms with Crippen LogP contribution in [0.25, 0.3) is 0 Å². The predicted octanol–water partition coefficient (Wildman–Crippen LogP) is 2.85. The summed E-state index contributed by atoms with van der Waals surface area (Å²) in [6.07, 6.45) is 0.951. The van der Waals surface area contributed by atoms with Gasteiger partial charge in [0.2, 0.25) is 0 Å². The van der Waals surface area contributed by atoms with Crippen LogP contribution in [0.4, 0.5) is 11.6 Å². The number of aromatic nitrogens is 2. The predicted molar refractivity (Wildman–Crippen MR) is 87.3 cm³/mol. The molecule has 0 aliphatic heterocycles. The normalized spacial score (nSPS) is 10.7. The minimum absolute atomic E-state index is 0.257. The molecule has 5 nitrogen and oxygen atoms in total. The molecule has 0 aliphatic rings. The molecule has 0 radical (unpaired) electrons. The highest BCUT2D eigenvalue weighted by Crippen LogP contribution is 2.22. The third kappa shape index (κ3) is 3.92. The standard InChI is InChI=1S/C16H23N5/c1-11(2)14-19-15(12(3)16(20-14)21-17)18-10-9-13-7-5-4-6-8-13/h4-8,11H,9-10,17H2,1-3H3,(H2,18,19,20,21). The number of nitrogens with zero attached hydrogens (tertiary/aromatic N) is 2. The van der Waals surface area contributed by atoms with Crippen molar-refractivity contribution in [2.45, 2.75) is 33.1 Å². The number of hydrazine groups is 1. The van der Waals surface area contributed by atoms with Gasteiger partial charge in [0, 0.05) is 18.0 Å². The third-order valence-electron chi connectivity index (χ3n) is 3.37. The zero-order valence-corrected chi connectivity index (χ0v) is 12.9. The van der Waals surface area contributed by atoms with E-state index in [0.717, 1.165) is 30.2 Å². The average molecular weight is 285 g/mol. The second-order valence-electron chi connectivity index (χ2n) is 5.37. The molecular weight excluding hydrogens is 262 g/mol. The molecule has 2 rings (SSSR count). The van der Waals surface area contributed by atoms with Crippen LogP contribution in [0.15, 0.2) is 30.3 Å². The Labute approximate surface area is 126 Å². The monoisotopic (exact) mass is 285 g/mol. The highest BCUT2D eigenvalue weighted by molar-refractivity contribution is 5.56. The van der Waals surface area contributed by atoms with Crippen molar-refractivity contribution >= 4 is 11.6 Å². The Bertz CT molecular complexity index is 581. The van der Waals surface area contributed by atoms with E-state index in [9.17, 15) is 0 Å². The van der Waals surface area contributed by atoms with Gasteiger partial charge in [0.1, 0.15) is 17.5 Å². The minimum atomic E-state index is 0.257. The zero-order chi connectivity index (χ0) is 15.2. The fraction of sp³-hybridized carbons (Fsp3) is 0.375. The van der Waals surface area contributed by atoms with Crippen molar-refractivity contribution in [3.63, 3.8) is 0 Å². The molecule has 5 heteroatoms. The Morgan fingerprint density at radius 3 is 2.38 bits per heavy atom. The first kappa shape index (κ1) is 15.3. The molecule has 0 fully saturated rings. The molecule has 4 N–H and O–H groups in total. The van der Waals surface area contributed by atoms with Crippen molar-refractivity contribution in [2.75, 3.05) is 17.3 Å². The van der Waals surface area contributed by atoms with E-state index in [-0.39, 0.29) is 5.92 Å². The first-order chi connectivity index (χ1) is 10.1. The van der Waals surface area contributed by atoms with Crippen LogP contribution in [0.5, 0.6) is 0 Å². The molecule has 0 amide bonds. The second kappa shape index (κ2) is 7.04. The van der Waals surface area contributed by atoms with Gasteiger partial charge in [-0.1, -0.05) is 44.2 Å². The summed E-state index contributed by atoms with van der Waals surface area (Å²) in [5.41, 5.74) is 4.89. The van der Waals surface area contributed by atoms with Crippen molar-refractivity contribution < 1.29 is 0 Å². The molecule has 1 aromatic heterocycles. The fourth-order valence-electron chi connectivity index (χ4n) is 2.07. The van der Waals surface area contributed by atoms with Gasteiger partial charge >= 0.3 is 0 Å². The lowest BCUT2D eigenvalue weighted by Crippen LogP contribution is -2.16. The first-order valence-electron chi connectivity index (χ1n) is 7.24. The van der Waals surface area contributed by atoms with Crippen molar-refractivity contribution in [1.29, 1.82) is 0 Å². The Kier molecular flexibility index (Phi) is 5.11. The average Bonchev–Trinajstić information content (AvgIpc) is 2.49. The molecule has 0 saturated carbocycles. The van der Waals surface area contributed by atoms with Crippen LogP contribution in [0.3, 0.4) is 0 Å². The van der Waals surface area contributed by atoms with Crippen LogP contribution in [-0.2, 0) is 6.42 Å². The van der Waals surface area contributed by atoms with Gasteiger partial charge in [0.15, 0.2) is 0 Å². The largest absolute Gasteiger partial charge is 0.369 e. The number of nitrogen functional groups attached to an aromatic ring is 1. The first-order valence-corrected chi connectivity index (χ1v) is 7.24. The minimum Gasteiger partial charge on any atom is -0.369 e. The van der Waals surface area contributed by atoms with E-state index in [4.69, 9.17) is 5.84 Å². The van der Waals surface area contributed by atoms with E-state index >= 15 is 0 Å². The Morgan fingerprint density at radius 1 is 1.10 bits per heavy atom. The van der Waals surface area contributed by atoms with Crippen LogP contribution in [0.1, 0.15) is 36.7 Å². The number of hydrogen-bond donors (Lipinski definition) is 3. The number of benzene rings is 1. The topological polar surface area (TPSA) is 75.9 Å². The molecule has 0 aliphatic carbocycles. The Hall–Kier alpha value is -2.14. The van der Waals surface area contributed by atoms with Crippen LogP contribution < -0.4 is 16.6 Å². The van der Waals surface area contributed by atoms with Crippen LogP contribution in [-0.4, -0.2) is 16.5 Å². The Balaban J connectivity index is 2.10. The smallest absolute Gasteiger partial charge is 0.148 e. The maximum atomic E-state index is 5.54. The van der Waals surface area contributed by atoms with E-state index in [1.54, 1.807) is 0 Å². The molecule has 1 heterocycles. The molecule has 0 unspecified atom stereocenters. The van der Waals surface area contributed by atoms with Gasteiger partial charge in [0.05, 0.1) is 0 Å². The molecule has 112 valence electrons. The van der Waals surface area contributed by atoms with Crippen LogP contribution in [0.2, 0.25) is 0 Å². The number of hydrogen-bond acceptors (Lipinski definition) is 5. The molecule has 1 aromatic carbocycles. The van der Waals surface area contributed by atoms with Crippen molar-refractivity contribution in [3.05, 3.63) is 47.3 Å². The molecule has 21 heavy (non-hydrogen) atoms. The maximum absolute atomic E-state index is 5.54. The van der Waals surface area contributed by atoms with E-state index in [2.05, 4.69) is 58.8 Å². The van der Waals surface area contributed by atoms with Crippen molar-refractivity contribution in [1.82, 2.24) is 9.97 Å². The summed E-state index contributed by atoms with van der Waals surface area (Å²) in [6.45, 7) is 6.92. The lowest BCUT2D eigenvalue weighted by Gasteiger charge is -2.15. The van der Waals surface area contributed by atoms with E-state index in [0.29, 0.717) is 5.82 Å². The highest BCUT2D eigenvalue weighted by atomic mass is 15.3. The van der Waals surface area contributed by atoms with Gasteiger partial charge in [0.25, 0.3) is 0 Å². The molecule has 0 atom stereocenters. The van der Waals surface area contributed by atoms with E-state index in [1.165, 1.54) is 5.56 Å². The quantitative estimate of drug-likeness (QED) is 0.562. The molecule has 0 saturated heterocycles. The molecule has 0 bridgehead atoms. The maximum Gasteiger partial charge on any atom is 0.148 e. The SMILES string of the molecule is Cc1c(NN)nc(C(C)C)nc1NCCc1ccccc1. The summed E-state index contributed by atoms with van der Waals surface area (Å²) in [5, 5.41) is 3.38. The van der Waals surface area contributed by atoms with Gasteiger partial charge in [-0.2, -0.15) is 0 Å². The summed E-state index contributed by atoms with van der Waals surface area (Å²) in [6, 6.07) is 10.4. The third-order valence-corrected chi connectivity index (χ3v) is 3.37. The molecule has 2 aromatic rings. The number of anilines is 2.